The van der Waals surface area contributed by atoms with Crippen molar-refractivity contribution in [2.75, 3.05) is 19.8 Å². The van der Waals surface area contributed by atoms with Gasteiger partial charge >= 0.3 is 0 Å². The molecule has 2 fully saturated rings. The fraction of sp³-hybridized carbons (Fsp3) is 0.914. The van der Waals surface area contributed by atoms with E-state index >= 15 is 0 Å². The Morgan fingerprint density at radius 1 is 0.500 bits per heavy atom. The lowest BCUT2D eigenvalue weighted by Gasteiger charge is -2.46. The molecule has 0 bridgehead atoms. The standard InChI is InChI=1S/C58H109NO13/c1-3-5-7-9-11-13-15-17-19-20-21-22-23-24-25-26-28-29-31-33-35-37-39-41-47(62)46(59-50(63)42-40-38-36-34-32-30-27-18-16-14-12-10-8-6-4-2)45-69-57-55(68)53(66)56(49(44-61)71-57)72-58-54(67)52(65)51(64)48(43-60)70-58/h12,14,18,27,46-49,51-58,60-62,64-68H,3-11,13,15-17,19-26,28-45H2,1-2H3,(H,59,63)/b14-12-,27-18-. The van der Waals surface area contributed by atoms with Gasteiger partial charge in [-0.3, -0.25) is 4.79 Å². The average molecular weight is 1030 g/mol. The Kier molecular flexibility index (Phi) is 41.2. The van der Waals surface area contributed by atoms with Crippen LogP contribution >= 0.6 is 0 Å². The fourth-order valence-corrected chi connectivity index (χ4v) is 9.86. The van der Waals surface area contributed by atoms with Gasteiger partial charge in [-0.25, -0.2) is 0 Å². The van der Waals surface area contributed by atoms with Crippen molar-refractivity contribution in [1.29, 1.82) is 0 Å². The Hall–Kier alpha value is -1.53. The molecule has 2 saturated heterocycles. The summed E-state index contributed by atoms with van der Waals surface area (Å²) in [6.07, 6.45) is 34.6. The Labute approximate surface area is 437 Å². The summed E-state index contributed by atoms with van der Waals surface area (Å²) in [6.45, 7) is 2.84. The van der Waals surface area contributed by atoms with E-state index in [9.17, 15) is 45.6 Å². The molecule has 9 N–H and O–H groups in total. The van der Waals surface area contributed by atoms with Crippen molar-refractivity contribution in [2.45, 2.75) is 319 Å². The van der Waals surface area contributed by atoms with Crippen molar-refractivity contribution in [3.63, 3.8) is 0 Å². The molecule has 0 saturated carbocycles. The van der Waals surface area contributed by atoms with Crippen LogP contribution in [-0.4, -0.2) is 140 Å². The highest BCUT2D eigenvalue weighted by Gasteiger charge is 2.51. The maximum atomic E-state index is 13.2. The average Bonchev–Trinajstić information content (AvgIpc) is 3.38. The molecular weight excluding hydrogens is 919 g/mol. The third-order valence-electron chi connectivity index (χ3n) is 14.7. The number of aliphatic hydroxyl groups excluding tert-OH is 8. The first-order valence-corrected chi connectivity index (χ1v) is 29.6. The van der Waals surface area contributed by atoms with E-state index in [2.05, 4.69) is 43.5 Å². The zero-order chi connectivity index (χ0) is 52.4. The normalized spacial score (nSPS) is 25.7. The van der Waals surface area contributed by atoms with Crippen LogP contribution in [0.25, 0.3) is 0 Å². The maximum absolute atomic E-state index is 13.2. The van der Waals surface area contributed by atoms with E-state index in [1.165, 1.54) is 141 Å². The van der Waals surface area contributed by atoms with Crippen molar-refractivity contribution in [2.24, 2.45) is 0 Å². The summed E-state index contributed by atoms with van der Waals surface area (Å²) in [7, 11) is 0. The van der Waals surface area contributed by atoms with Gasteiger partial charge in [0.05, 0.1) is 32.0 Å². The first-order chi connectivity index (χ1) is 35.1. The quantitative estimate of drug-likeness (QED) is 0.0205. The minimum absolute atomic E-state index is 0.218. The van der Waals surface area contributed by atoms with E-state index in [0.717, 1.165) is 70.6 Å². The number of carbonyl (C=O) groups excluding carboxylic acids is 1. The molecule has 2 aliphatic rings. The fourth-order valence-electron chi connectivity index (χ4n) is 9.86. The molecule has 424 valence electrons. The van der Waals surface area contributed by atoms with E-state index in [4.69, 9.17) is 18.9 Å². The van der Waals surface area contributed by atoms with Crippen molar-refractivity contribution < 1.29 is 64.6 Å². The van der Waals surface area contributed by atoms with Gasteiger partial charge in [-0.1, -0.05) is 218 Å². The van der Waals surface area contributed by atoms with Gasteiger partial charge in [0.25, 0.3) is 0 Å². The third-order valence-corrected chi connectivity index (χ3v) is 14.7. The van der Waals surface area contributed by atoms with Crippen molar-refractivity contribution >= 4 is 5.91 Å². The van der Waals surface area contributed by atoms with E-state index in [1.54, 1.807) is 0 Å². The number of hydrogen-bond acceptors (Lipinski definition) is 13. The Morgan fingerprint density at radius 3 is 1.42 bits per heavy atom. The zero-order valence-electron chi connectivity index (χ0n) is 45.4. The maximum Gasteiger partial charge on any atom is 0.220 e. The predicted octanol–water partition coefficient (Wildman–Crippen LogP) is 9.67. The minimum Gasteiger partial charge on any atom is -0.394 e. The van der Waals surface area contributed by atoms with Gasteiger partial charge in [0.15, 0.2) is 12.6 Å². The molecule has 2 rings (SSSR count). The highest BCUT2D eigenvalue weighted by molar-refractivity contribution is 5.76. The molecule has 0 spiro atoms. The lowest BCUT2D eigenvalue weighted by molar-refractivity contribution is -0.359. The number of rotatable bonds is 47. The summed E-state index contributed by atoms with van der Waals surface area (Å²) >= 11 is 0. The molecule has 1 amide bonds. The molecule has 2 aliphatic heterocycles. The van der Waals surface area contributed by atoms with E-state index in [-0.39, 0.29) is 18.9 Å². The Bertz CT molecular complexity index is 1300. The van der Waals surface area contributed by atoms with Gasteiger partial charge < -0.3 is 65.1 Å². The molecule has 14 nitrogen and oxygen atoms in total. The predicted molar refractivity (Wildman–Crippen MR) is 286 cm³/mol. The molecule has 14 heteroatoms. The molecular formula is C58H109NO13. The highest BCUT2D eigenvalue weighted by atomic mass is 16.7. The van der Waals surface area contributed by atoms with Crippen molar-refractivity contribution in [3.05, 3.63) is 24.3 Å². The van der Waals surface area contributed by atoms with Crippen molar-refractivity contribution in [1.82, 2.24) is 5.32 Å². The van der Waals surface area contributed by atoms with Crippen LogP contribution in [0.15, 0.2) is 24.3 Å². The van der Waals surface area contributed by atoms with Gasteiger partial charge in [0, 0.05) is 6.42 Å². The third kappa shape index (κ3) is 30.3. The van der Waals surface area contributed by atoms with Crippen LogP contribution in [0.4, 0.5) is 0 Å². The molecule has 12 unspecified atom stereocenters. The number of amides is 1. The van der Waals surface area contributed by atoms with Crippen LogP contribution in [0, 0.1) is 0 Å². The molecule has 0 aromatic rings. The SMILES string of the molecule is CCCCC/C=C\C/C=C\CCCCCCCC(=O)NC(COC1OC(CO)C(OC2OC(CO)C(O)C(O)C2O)C(O)C1O)C(O)CCCCCCCCCCCCCCCCCCCCCCCCC. The van der Waals surface area contributed by atoms with Crippen LogP contribution in [0.2, 0.25) is 0 Å². The summed E-state index contributed by atoms with van der Waals surface area (Å²) in [4.78, 5) is 13.2. The topological polar surface area (TPSA) is 228 Å². The van der Waals surface area contributed by atoms with E-state index in [0.29, 0.717) is 12.8 Å². The molecule has 2 heterocycles. The smallest absolute Gasteiger partial charge is 0.220 e. The first-order valence-electron chi connectivity index (χ1n) is 29.6. The Morgan fingerprint density at radius 2 is 0.917 bits per heavy atom. The number of aliphatic hydroxyl groups is 8. The molecule has 12 atom stereocenters. The van der Waals surface area contributed by atoms with Crippen LogP contribution < -0.4 is 5.32 Å². The summed E-state index contributed by atoms with van der Waals surface area (Å²) < 4.78 is 22.8. The summed E-state index contributed by atoms with van der Waals surface area (Å²) in [5.74, 6) is -0.218. The summed E-state index contributed by atoms with van der Waals surface area (Å²) in [6, 6.07) is -0.834. The summed E-state index contributed by atoms with van der Waals surface area (Å²) in [5.41, 5.74) is 0. The van der Waals surface area contributed by atoms with Gasteiger partial charge in [-0.2, -0.15) is 0 Å². The van der Waals surface area contributed by atoms with E-state index in [1.807, 2.05) is 0 Å². The second-order valence-electron chi connectivity index (χ2n) is 21.1. The largest absolute Gasteiger partial charge is 0.394 e. The van der Waals surface area contributed by atoms with Gasteiger partial charge in [-0.05, 0) is 44.9 Å². The molecule has 0 aliphatic carbocycles. The second-order valence-corrected chi connectivity index (χ2v) is 21.1. The zero-order valence-corrected chi connectivity index (χ0v) is 45.4. The summed E-state index contributed by atoms with van der Waals surface area (Å²) in [5, 5.41) is 87.2. The van der Waals surface area contributed by atoms with Gasteiger partial charge in [0.2, 0.25) is 5.91 Å². The second kappa shape index (κ2) is 44.6. The molecule has 0 radical (unpaired) electrons. The van der Waals surface area contributed by atoms with Gasteiger partial charge in [-0.15, -0.1) is 0 Å². The number of hydrogen-bond donors (Lipinski definition) is 9. The number of allylic oxidation sites excluding steroid dienone is 4. The lowest BCUT2D eigenvalue weighted by atomic mass is 9.97. The molecule has 0 aromatic carbocycles. The van der Waals surface area contributed by atoms with Crippen molar-refractivity contribution in [3.8, 4) is 0 Å². The molecule has 0 aromatic heterocycles. The highest BCUT2D eigenvalue weighted by Crippen LogP contribution is 2.30. The lowest BCUT2D eigenvalue weighted by Crippen LogP contribution is -2.65. The van der Waals surface area contributed by atoms with Crippen LogP contribution in [-0.2, 0) is 23.7 Å². The van der Waals surface area contributed by atoms with Crippen LogP contribution in [0.3, 0.4) is 0 Å². The van der Waals surface area contributed by atoms with Gasteiger partial charge in [0.1, 0.15) is 48.8 Å². The van der Waals surface area contributed by atoms with E-state index < -0.39 is 86.8 Å². The number of carbonyl (C=O) groups is 1. The Balaban J connectivity index is 1.75. The molecule has 72 heavy (non-hydrogen) atoms. The minimum atomic E-state index is -1.78. The number of nitrogens with one attached hydrogen (secondary N) is 1. The first kappa shape index (κ1) is 66.6. The number of ether oxygens (including phenoxy) is 4. The van der Waals surface area contributed by atoms with Crippen LogP contribution in [0.1, 0.15) is 245 Å². The monoisotopic (exact) mass is 1030 g/mol. The number of unbranched alkanes of at least 4 members (excludes halogenated alkanes) is 30. The van der Waals surface area contributed by atoms with Crippen LogP contribution in [0.5, 0.6) is 0 Å².